The summed E-state index contributed by atoms with van der Waals surface area (Å²) in [4.78, 5) is 66.6. The van der Waals surface area contributed by atoms with Crippen LogP contribution in [0.1, 0.15) is 68.0 Å². The molecule has 4 aromatic rings. The average Bonchev–Trinajstić information content (AvgIpc) is 3.55. The van der Waals surface area contributed by atoms with Crippen LogP contribution in [0.2, 0.25) is 0 Å². The smallest absolute Gasteiger partial charge is 0.425 e. The molecule has 55 heavy (non-hydrogen) atoms. The highest BCUT2D eigenvalue weighted by Gasteiger charge is 2.35. The van der Waals surface area contributed by atoms with Gasteiger partial charge in [-0.3, -0.25) is 14.3 Å². The van der Waals surface area contributed by atoms with Gasteiger partial charge in [-0.05, 0) is 93.5 Å². The van der Waals surface area contributed by atoms with Crippen LogP contribution in [0.25, 0.3) is 17.0 Å². The molecule has 0 aliphatic carbocycles. The lowest BCUT2D eigenvalue weighted by molar-refractivity contribution is -0.0660. The molecule has 294 valence electrons. The minimum atomic E-state index is -0.988. The van der Waals surface area contributed by atoms with Crippen molar-refractivity contribution in [3.05, 3.63) is 54.7 Å². The number of carbonyl (C=O) groups is 3. The molecule has 1 aromatic carbocycles. The van der Waals surface area contributed by atoms with Crippen molar-refractivity contribution >= 4 is 46.9 Å². The zero-order valence-electron chi connectivity index (χ0n) is 33.3. The lowest BCUT2D eigenvalue weighted by Gasteiger charge is -2.43. The highest BCUT2D eigenvalue weighted by Crippen LogP contribution is 2.35. The number of ether oxygens (including phenoxy) is 4. The summed E-state index contributed by atoms with van der Waals surface area (Å²) in [5, 5.41) is 0. The van der Waals surface area contributed by atoms with Gasteiger partial charge in [0, 0.05) is 50.0 Å². The Hall–Kier alpha value is -5.35. The number of aromatic nitrogens is 5. The van der Waals surface area contributed by atoms with Gasteiger partial charge in [-0.1, -0.05) is 0 Å². The summed E-state index contributed by atoms with van der Waals surface area (Å²) in [6, 6.07) is 8.21. The Balaban J connectivity index is 1.40. The Morgan fingerprint density at radius 2 is 1.36 bits per heavy atom. The van der Waals surface area contributed by atoms with E-state index in [0.29, 0.717) is 33.7 Å². The van der Waals surface area contributed by atoms with E-state index in [1.165, 1.54) is 17.3 Å². The van der Waals surface area contributed by atoms with E-state index in [2.05, 4.69) is 24.8 Å². The first-order chi connectivity index (χ1) is 25.8. The number of nitrogens with zero attached hydrogens (tertiary/aromatic N) is 9. The number of piperazine rings is 1. The van der Waals surface area contributed by atoms with Crippen LogP contribution in [-0.2, 0) is 18.9 Å². The molecule has 5 heterocycles. The van der Waals surface area contributed by atoms with Gasteiger partial charge in [-0.15, -0.1) is 0 Å². The summed E-state index contributed by atoms with van der Waals surface area (Å²) in [5.41, 5.74) is 0.378. The van der Waals surface area contributed by atoms with E-state index in [9.17, 15) is 14.4 Å². The topological polar surface area (TPSA) is 157 Å². The Morgan fingerprint density at radius 1 is 0.782 bits per heavy atom. The lowest BCUT2D eigenvalue weighted by atomic mass is 10.1. The zero-order chi connectivity index (χ0) is 39.9. The van der Waals surface area contributed by atoms with Crippen molar-refractivity contribution < 1.29 is 33.3 Å². The molecule has 2 saturated heterocycles. The van der Waals surface area contributed by atoms with Crippen molar-refractivity contribution in [1.29, 1.82) is 0 Å². The molecule has 2 aliphatic heterocycles. The lowest BCUT2D eigenvalue weighted by Crippen LogP contribution is -2.56. The number of imide groups is 1. The molecule has 0 bridgehead atoms. The number of fused-ring (bicyclic) bond motifs is 1. The van der Waals surface area contributed by atoms with E-state index in [-0.39, 0.29) is 17.3 Å². The van der Waals surface area contributed by atoms with Gasteiger partial charge in [0.1, 0.15) is 28.2 Å². The van der Waals surface area contributed by atoms with Gasteiger partial charge >= 0.3 is 18.3 Å². The molecule has 6 rings (SSSR count). The summed E-state index contributed by atoms with van der Waals surface area (Å²) in [6.07, 6.45) is 3.44. The largest absolute Gasteiger partial charge is 0.443 e. The standard InChI is InChI=1S/C39H51N9O7/c1-25-31(29-21-40-22-30(42-29)48(35(50)54-38(5,6)7)36(51)55-39(8,9)10)43-33(32-41-15-16-46(25)32)47(34(49)53-37(2,3)4)27-13-11-26(12-14-27)44-17-19-45(20-18-44)28-23-52-24-28/h11-16,21-22,28H,17-20,23-24H2,1-10H3. The molecule has 16 nitrogen and oxygen atoms in total. The number of amides is 3. The van der Waals surface area contributed by atoms with Gasteiger partial charge in [-0.25, -0.2) is 34.2 Å². The summed E-state index contributed by atoms with van der Waals surface area (Å²) in [7, 11) is 0. The van der Waals surface area contributed by atoms with Gasteiger partial charge in [-0.2, -0.15) is 4.90 Å². The molecule has 0 N–H and O–H groups in total. The minimum Gasteiger partial charge on any atom is -0.443 e. The van der Waals surface area contributed by atoms with Gasteiger partial charge in [0.2, 0.25) is 0 Å². The van der Waals surface area contributed by atoms with E-state index >= 15 is 0 Å². The zero-order valence-corrected chi connectivity index (χ0v) is 33.3. The quantitative estimate of drug-likeness (QED) is 0.190. The van der Waals surface area contributed by atoms with Crippen LogP contribution in [0.4, 0.5) is 37.4 Å². The summed E-state index contributed by atoms with van der Waals surface area (Å²) < 4.78 is 24.2. The van der Waals surface area contributed by atoms with Gasteiger partial charge < -0.3 is 23.8 Å². The van der Waals surface area contributed by atoms with Crippen LogP contribution in [0.5, 0.6) is 0 Å². The molecule has 0 unspecified atom stereocenters. The third-order valence-electron chi connectivity index (χ3n) is 8.72. The number of imidazole rings is 1. The number of hydrogen-bond donors (Lipinski definition) is 0. The second kappa shape index (κ2) is 15.1. The van der Waals surface area contributed by atoms with Crippen molar-refractivity contribution in [3.8, 4) is 11.4 Å². The third kappa shape index (κ3) is 9.14. The first-order valence-electron chi connectivity index (χ1n) is 18.4. The van der Waals surface area contributed by atoms with E-state index in [1.807, 2.05) is 31.2 Å². The molecule has 2 aliphatic rings. The first-order valence-corrected chi connectivity index (χ1v) is 18.4. The summed E-state index contributed by atoms with van der Waals surface area (Å²) >= 11 is 0. The van der Waals surface area contributed by atoms with E-state index in [1.54, 1.807) is 79.1 Å². The predicted octanol–water partition coefficient (Wildman–Crippen LogP) is 6.77. The fourth-order valence-electron chi connectivity index (χ4n) is 6.15. The van der Waals surface area contributed by atoms with Crippen LogP contribution in [0.3, 0.4) is 0 Å². The second-order valence-electron chi connectivity index (χ2n) is 16.6. The number of aryl methyl sites for hydroxylation is 1. The molecule has 0 atom stereocenters. The fraction of sp³-hybridized carbons (Fsp3) is 0.513. The molecular weight excluding hydrogens is 706 g/mol. The molecule has 16 heteroatoms. The van der Waals surface area contributed by atoms with Crippen molar-refractivity contribution in [2.75, 3.05) is 54.1 Å². The molecule has 3 amide bonds. The minimum absolute atomic E-state index is 0.143. The van der Waals surface area contributed by atoms with Crippen molar-refractivity contribution in [3.63, 3.8) is 0 Å². The number of rotatable bonds is 6. The number of carbonyl (C=O) groups excluding carboxylic acids is 3. The van der Waals surface area contributed by atoms with E-state index in [4.69, 9.17) is 23.9 Å². The molecule has 3 aromatic heterocycles. The van der Waals surface area contributed by atoms with E-state index < -0.39 is 35.1 Å². The first kappa shape index (κ1) is 39.3. The van der Waals surface area contributed by atoms with Crippen LogP contribution in [0.15, 0.2) is 49.1 Å². The van der Waals surface area contributed by atoms with Crippen LogP contribution in [-0.4, -0.2) is 110 Å². The monoisotopic (exact) mass is 757 g/mol. The van der Waals surface area contributed by atoms with Crippen molar-refractivity contribution in [2.24, 2.45) is 0 Å². The molecule has 0 radical (unpaired) electrons. The maximum absolute atomic E-state index is 14.2. The fourth-order valence-corrected chi connectivity index (χ4v) is 6.15. The summed E-state index contributed by atoms with van der Waals surface area (Å²) in [6.45, 7) is 22.6. The maximum atomic E-state index is 14.2. The predicted molar refractivity (Wildman–Crippen MR) is 207 cm³/mol. The van der Waals surface area contributed by atoms with Crippen molar-refractivity contribution in [1.82, 2.24) is 29.2 Å². The normalized spacial score (nSPS) is 15.7. The highest BCUT2D eigenvalue weighted by molar-refractivity contribution is 6.08. The van der Waals surface area contributed by atoms with Gasteiger partial charge in [0.15, 0.2) is 17.3 Å². The number of hydrogen-bond acceptors (Lipinski definition) is 13. The van der Waals surface area contributed by atoms with Crippen molar-refractivity contribution in [2.45, 2.75) is 92.1 Å². The van der Waals surface area contributed by atoms with Crippen LogP contribution < -0.4 is 14.7 Å². The average molecular weight is 758 g/mol. The number of benzene rings is 1. The SMILES string of the molecule is Cc1c(-c2cncc(N(C(=O)OC(C)(C)C)C(=O)OC(C)(C)C)n2)nc(N(C(=O)OC(C)(C)C)c2ccc(N3CCN(C4COC4)CC3)cc2)c2nccn12. The van der Waals surface area contributed by atoms with Gasteiger partial charge in [0.05, 0.1) is 37.3 Å². The molecule has 0 spiro atoms. The highest BCUT2D eigenvalue weighted by atomic mass is 16.6. The Labute approximate surface area is 321 Å². The third-order valence-corrected chi connectivity index (χ3v) is 8.72. The Morgan fingerprint density at radius 3 is 1.91 bits per heavy atom. The maximum Gasteiger partial charge on any atom is 0.425 e. The number of anilines is 4. The molecule has 2 fully saturated rings. The molecular formula is C39H51N9O7. The van der Waals surface area contributed by atoms with Gasteiger partial charge in [0.25, 0.3) is 0 Å². The van der Waals surface area contributed by atoms with Crippen LogP contribution in [0, 0.1) is 6.92 Å². The van der Waals surface area contributed by atoms with E-state index in [0.717, 1.165) is 45.1 Å². The molecule has 0 saturated carbocycles. The van der Waals surface area contributed by atoms with Crippen LogP contribution >= 0.6 is 0 Å². The second-order valence-corrected chi connectivity index (χ2v) is 16.6. The Bertz CT molecular complexity index is 2010. The Kier molecular flexibility index (Phi) is 10.8. The summed E-state index contributed by atoms with van der Waals surface area (Å²) in [5.74, 6) is 0.0307.